The third-order valence-corrected chi connectivity index (χ3v) is 4.30. The van der Waals surface area contributed by atoms with Gasteiger partial charge in [-0.2, -0.15) is 0 Å². The second-order valence-electron chi connectivity index (χ2n) is 6.46. The molecule has 0 radical (unpaired) electrons. The number of hydrogen-bond acceptors (Lipinski definition) is 5. The molecule has 0 bridgehead atoms. The normalized spacial score (nSPS) is 13.1. The van der Waals surface area contributed by atoms with Gasteiger partial charge in [0.25, 0.3) is 11.3 Å². The lowest BCUT2D eigenvalue weighted by atomic mass is 9.97. The van der Waals surface area contributed by atoms with Crippen molar-refractivity contribution in [3.05, 3.63) is 68.0 Å². The SMILES string of the molecule is Cc1cc(C)cc(Nc2c(-c3ccc4c(c3)OCC(=O)N4)c(=O)c2=O)c1. The molecule has 0 unspecified atom stereocenters. The minimum absolute atomic E-state index is 0.0734. The molecule has 26 heavy (non-hydrogen) atoms. The number of benzene rings is 2. The van der Waals surface area contributed by atoms with E-state index in [1.54, 1.807) is 18.2 Å². The summed E-state index contributed by atoms with van der Waals surface area (Å²) in [6.45, 7) is 3.86. The van der Waals surface area contributed by atoms with Crippen LogP contribution in [0, 0.1) is 13.8 Å². The van der Waals surface area contributed by atoms with E-state index < -0.39 is 10.9 Å². The second kappa shape index (κ2) is 5.84. The van der Waals surface area contributed by atoms with Crippen molar-refractivity contribution in [3.63, 3.8) is 0 Å². The lowest BCUT2D eigenvalue weighted by Crippen LogP contribution is -2.35. The largest absolute Gasteiger partial charge is 0.482 e. The van der Waals surface area contributed by atoms with Gasteiger partial charge in [-0.05, 0) is 54.8 Å². The molecule has 1 aliphatic heterocycles. The van der Waals surface area contributed by atoms with Crippen LogP contribution in [-0.2, 0) is 4.79 Å². The first-order chi connectivity index (χ1) is 12.4. The third-order valence-electron chi connectivity index (χ3n) is 4.30. The van der Waals surface area contributed by atoms with Crippen LogP contribution in [0.25, 0.3) is 11.1 Å². The Morgan fingerprint density at radius 2 is 1.69 bits per heavy atom. The molecule has 6 heteroatoms. The molecule has 130 valence electrons. The minimum atomic E-state index is -0.536. The van der Waals surface area contributed by atoms with Gasteiger partial charge in [0.1, 0.15) is 11.4 Å². The summed E-state index contributed by atoms with van der Waals surface area (Å²) in [5, 5.41) is 5.77. The number of hydrogen-bond donors (Lipinski definition) is 2. The maximum Gasteiger partial charge on any atom is 0.262 e. The molecule has 0 saturated heterocycles. The smallest absolute Gasteiger partial charge is 0.262 e. The molecule has 0 aromatic heterocycles. The first-order valence-electron chi connectivity index (χ1n) is 8.18. The van der Waals surface area contributed by atoms with Gasteiger partial charge in [-0.1, -0.05) is 12.1 Å². The predicted octanol–water partition coefficient (Wildman–Crippen LogP) is 2.64. The highest BCUT2D eigenvalue weighted by atomic mass is 16.5. The summed E-state index contributed by atoms with van der Waals surface area (Å²) in [7, 11) is 0. The van der Waals surface area contributed by atoms with E-state index in [1.165, 1.54) is 0 Å². The number of fused-ring (bicyclic) bond motifs is 1. The highest BCUT2D eigenvalue weighted by Gasteiger charge is 2.24. The molecule has 3 aromatic rings. The quantitative estimate of drug-likeness (QED) is 0.711. The summed E-state index contributed by atoms with van der Waals surface area (Å²) < 4.78 is 5.39. The van der Waals surface area contributed by atoms with Gasteiger partial charge in [0.05, 0.1) is 11.3 Å². The fourth-order valence-corrected chi connectivity index (χ4v) is 3.21. The van der Waals surface area contributed by atoms with Gasteiger partial charge >= 0.3 is 0 Å². The molecular formula is C20H16N2O4. The molecule has 1 aliphatic rings. The van der Waals surface area contributed by atoms with Crippen molar-refractivity contribution in [3.8, 4) is 16.9 Å². The van der Waals surface area contributed by atoms with Crippen molar-refractivity contribution < 1.29 is 9.53 Å². The summed E-state index contributed by atoms with van der Waals surface area (Å²) in [5.41, 5.74) is 3.55. The highest BCUT2D eigenvalue weighted by molar-refractivity contribution is 5.96. The summed E-state index contributed by atoms with van der Waals surface area (Å²) in [6.07, 6.45) is 0. The zero-order valence-corrected chi connectivity index (χ0v) is 14.3. The van der Waals surface area contributed by atoms with Crippen molar-refractivity contribution in [1.82, 2.24) is 0 Å². The fraction of sp³-hybridized carbons (Fsp3) is 0.150. The van der Waals surface area contributed by atoms with E-state index in [1.807, 2.05) is 32.0 Å². The second-order valence-corrected chi connectivity index (χ2v) is 6.46. The van der Waals surface area contributed by atoms with Crippen molar-refractivity contribution in [2.75, 3.05) is 17.2 Å². The average Bonchev–Trinajstić information content (AvgIpc) is 2.60. The van der Waals surface area contributed by atoms with Crippen molar-refractivity contribution >= 4 is 23.0 Å². The molecule has 0 saturated carbocycles. The summed E-state index contributed by atoms with van der Waals surface area (Å²) in [5.74, 6) is 0.254. The van der Waals surface area contributed by atoms with Crippen LogP contribution in [-0.4, -0.2) is 12.5 Å². The van der Waals surface area contributed by atoms with Gasteiger partial charge in [-0.3, -0.25) is 14.4 Å². The predicted molar refractivity (Wildman–Crippen MR) is 100 cm³/mol. The van der Waals surface area contributed by atoms with Crippen LogP contribution in [0.15, 0.2) is 46.0 Å². The van der Waals surface area contributed by atoms with Crippen molar-refractivity contribution in [1.29, 1.82) is 0 Å². The van der Waals surface area contributed by atoms with Gasteiger partial charge in [0.15, 0.2) is 6.61 Å². The third kappa shape index (κ3) is 2.65. The Morgan fingerprint density at radius 1 is 0.962 bits per heavy atom. The summed E-state index contributed by atoms with van der Waals surface area (Å²) in [6, 6.07) is 10.9. The van der Waals surface area contributed by atoms with Crippen LogP contribution in [0.1, 0.15) is 11.1 Å². The van der Waals surface area contributed by atoms with E-state index in [2.05, 4.69) is 10.6 Å². The van der Waals surface area contributed by atoms with E-state index in [9.17, 15) is 14.4 Å². The summed E-state index contributed by atoms with van der Waals surface area (Å²) in [4.78, 5) is 35.6. The monoisotopic (exact) mass is 348 g/mol. The maximum atomic E-state index is 12.2. The molecule has 0 fully saturated rings. The van der Waals surface area contributed by atoms with Gasteiger partial charge in [-0.15, -0.1) is 0 Å². The first kappa shape index (κ1) is 16.1. The van der Waals surface area contributed by atoms with Gasteiger partial charge in [-0.25, -0.2) is 0 Å². The topological polar surface area (TPSA) is 84.5 Å². The van der Waals surface area contributed by atoms with E-state index in [0.717, 1.165) is 16.8 Å². The molecule has 6 nitrogen and oxygen atoms in total. The minimum Gasteiger partial charge on any atom is -0.482 e. The van der Waals surface area contributed by atoms with Crippen molar-refractivity contribution in [2.24, 2.45) is 0 Å². The standard InChI is InChI=1S/C20H16N2O4/c1-10-5-11(2)7-13(6-10)21-18-17(19(24)20(18)25)12-3-4-14-15(8-12)26-9-16(23)22-14/h3-8,21H,9H2,1-2H3,(H,22,23). The fourth-order valence-electron chi connectivity index (χ4n) is 3.21. The first-order valence-corrected chi connectivity index (χ1v) is 8.18. The molecule has 0 aliphatic carbocycles. The molecule has 1 amide bonds. The molecule has 1 heterocycles. The Labute approximate surface area is 149 Å². The van der Waals surface area contributed by atoms with Gasteiger partial charge in [0.2, 0.25) is 5.43 Å². The van der Waals surface area contributed by atoms with Crippen LogP contribution in [0.5, 0.6) is 5.75 Å². The molecule has 2 N–H and O–H groups in total. The number of aryl methyl sites for hydroxylation is 2. The Morgan fingerprint density at radius 3 is 2.42 bits per heavy atom. The number of carbonyl (C=O) groups is 1. The molecule has 0 spiro atoms. The Balaban J connectivity index is 1.73. The van der Waals surface area contributed by atoms with Crippen LogP contribution in [0.3, 0.4) is 0 Å². The van der Waals surface area contributed by atoms with E-state index in [0.29, 0.717) is 22.6 Å². The van der Waals surface area contributed by atoms with Crippen LogP contribution in [0.4, 0.5) is 17.1 Å². The van der Waals surface area contributed by atoms with E-state index >= 15 is 0 Å². The molecule has 4 rings (SSSR count). The number of amides is 1. The van der Waals surface area contributed by atoms with Crippen LogP contribution >= 0.6 is 0 Å². The van der Waals surface area contributed by atoms with E-state index in [4.69, 9.17) is 4.74 Å². The van der Waals surface area contributed by atoms with Gasteiger partial charge in [0, 0.05) is 5.69 Å². The van der Waals surface area contributed by atoms with Crippen LogP contribution in [0.2, 0.25) is 0 Å². The number of nitrogens with one attached hydrogen (secondary N) is 2. The zero-order chi connectivity index (χ0) is 18.4. The maximum absolute atomic E-state index is 12.2. The van der Waals surface area contributed by atoms with Crippen LogP contribution < -0.4 is 26.2 Å². The molecule has 3 aromatic carbocycles. The number of rotatable bonds is 3. The Bertz CT molecular complexity index is 1100. The molecule has 0 atom stereocenters. The van der Waals surface area contributed by atoms with Crippen molar-refractivity contribution in [2.45, 2.75) is 13.8 Å². The summed E-state index contributed by atoms with van der Waals surface area (Å²) >= 11 is 0. The number of ether oxygens (including phenoxy) is 1. The zero-order valence-electron chi connectivity index (χ0n) is 14.3. The number of anilines is 3. The average molecular weight is 348 g/mol. The van der Waals surface area contributed by atoms with E-state index in [-0.39, 0.29) is 18.2 Å². The lowest BCUT2D eigenvalue weighted by molar-refractivity contribution is -0.118. The Hall–Kier alpha value is -3.41. The highest BCUT2D eigenvalue weighted by Crippen LogP contribution is 2.34. The lowest BCUT2D eigenvalue weighted by Gasteiger charge is -2.20. The Kier molecular flexibility index (Phi) is 3.61. The number of carbonyl (C=O) groups excluding carboxylic acids is 1. The molecular weight excluding hydrogens is 332 g/mol. The van der Waals surface area contributed by atoms with Gasteiger partial charge < -0.3 is 15.4 Å².